The summed E-state index contributed by atoms with van der Waals surface area (Å²) in [5.41, 5.74) is 4.48. The Kier molecular flexibility index (Phi) is 6.97. The summed E-state index contributed by atoms with van der Waals surface area (Å²) in [4.78, 5) is 20.1. The number of aromatic nitrogens is 3. The van der Waals surface area contributed by atoms with E-state index in [1.165, 1.54) is 25.7 Å². The molecule has 2 aliphatic carbocycles. The quantitative estimate of drug-likeness (QED) is 0.410. The highest BCUT2D eigenvalue weighted by atomic mass is 16.5. The molecule has 1 aliphatic heterocycles. The zero-order valence-electron chi connectivity index (χ0n) is 21.6. The van der Waals surface area contributed by atoms with Crippen LogP contribution in [0.2, 0.25) is 0 Å². The topological polar surface area (TPSA) is 95.8 Å². The van der Waals surface area contributed by atoms with Crippen molar-refractivity contribution < 1.29 is 9.53 Å². The fraction of sp³-hybridized carbons (Fsp3) is 0.536. The largest absolute Gasteiger partial charge is 0.379 e. The summed E-state index contributed by atoms with van der Waals surface area (Å²) in [6.45, 7) is 7.33. The summed E-state index contributed by atoms with van der Waals surface area (Å²) in [7, 11) is 0. The second-order valence-electron chi connectivity index (χ2n) is 10.6. The molecule has 2 aromatic heterocycles. The second-order valence-corrected chi connectivity index (χ2v) is 10.6. The molecule has 3 fully saturated rings. The van der Waals surface area contributed by atoms with E-state index in [4.69, 9.17) is 14.8 Å². The van der Waals surface area contributed by atoms with Gasteiger partial charge in [-0.2, -0.15) is 9.61 Å². The molecular weight excluding hydrogens is 466 g/mol. The second kappa shape index (κ2) is 10.7. The molecule has 6 rings (SSSR count). The molecule has 37 heavy (non-hydrogen) atoms. The van der Waals surface area contributed by atoms with Crippen molar-refractivity contribution in [1.29, 1.82) is 0 Å². The van der Waals surface area contributed by atoms with Crippen LogP contribution < -0.4 is 16.0 Å². The number of ether oxygens (including phenoxy) is 1. The standard InChI is InChI=1S/C28H37N7O2/c1-19-16-20(6-9-23(19)28(36)32-22-7-8-22)24-18-30-35-26(29-10-11-34-12-14-37-15-13-34)17-25(33-27(24)35)31-21-4-2-3-5-21/h6,9,16-18,21-22,29H,2-5,7-8,10-15H2,1H3,(H,31,33)(H,32,36). The highest BCUT2D eigenvalue weighted by molar-refractivity contribution is 5.97. The number of aryl methyl sites for hydroxylation is 1. The van der Waals surface area contributed by atoms with E-state index < -0.39 is 0 Å². The summed E-state index contributed by atoms with van der Waals surface area (Å²) in [5.74, 6) is 1.83. The predicted molar refractivity (Wildman–Crippen MR) is 145 cm³/mol. The van der Waals surface area contributed by atoms with Crippen LogP contribution in [0.25, 0.3) is 16.8 Å². The lowest BCUT2D eigenvalue weighted by Gasteiger charge is -2.26. The van der Waals surface area contributed by atoms with E-state index >= 15 is 0 Å². The Bertz CT molecular complexity index is 1260. The Labute approximate surface area is 218 Å². The van der Waals surface area contributed by atoms with Crippen molar-refractivity contribution >= 4 is 23.2 Å². The summed E-state index contributed by atoms with van der Waals surface area (Å²) >= 11 is 0. The van der Waals surface area contributed by atoms with Gasteiger partial charge in [-0.15, -0.1) is 0 Å². The number of nitrogens with zero attached hydrogens (tertiary/aromatic N) is 4. The number of hydrogen-bond donors (Lipinski definition) is 3. The van der Waals surface area contributed by atoms with E-state index in [-0.39, 0.29) is 5.91 Å². The smallest absolute Gasteiger partial charge is 0.251 e. The molecule has 196 valence electrons. The highest BCUT2D eigenvalue weighted by Crippen LogP contribution is 2.30. The SMILES string of the molecule is Cc1cc(-c2cnn3c(NCCN4CCOCC4)cc(NC4CCCC4)nc23)ccc1C(=O)NC1CC1. The maximum absolute atomic E-state index is 12.6. The third kappa shape index (κ3) is 5.57. The minimum absolute atomic E-state index is 0.0133. The van der Waals surface area contributed by atoms with Crippen molar-refractivity contribution in [3.63, 3.8) is 0 Å². The van der Waals surface area contributed by atoms with Gasteiger partial charge in [0, 0.05) is 55.5 Å². The van der Waals surface area contributed by atoms with E-state index in [0.29, 0.717) is 12.1 Å². The number of nitrogens with one attached hydrogen (secondary N) is 3. The predicted octanol–water partition coefficient (Wildman–Crippen LogP) is 3.70. The van der Waals surface area contributed by atoms with Gasteiger partial charge in [0.05, 0.1) is 19.4 Å². The van der Waals surface area contributed by atoms with Gasteiger partial charge in [-0.1, -0.05) is 25.0 Å². The first kappa shape index (κ1) is 24.2. The Balaban J connectivity index is 1.28. The first-order valence-corrected chi connectivity index (χ1v) is 13.8. The van der Waals surface area contributed by atoms with Crippen molar-refractivity contribution in [1.82, 2.24) is 24.8 Å². The Morgan fingerprint density at radius 1 is 1.08 bits per heavy atom. The van der Waals surface area contributed by atoms with Crippen LogP contribution in [-0.2, 0) is 4.74 Å². The normalized spacial score (nSPS) is 18.8. The molecule has 3 heterocycles. The van der Waals surface area contributed by atoms with Crippen LogP contribution in [0.4, 0.5) is 11.6 Å². The average Bonchev–Trinajstić information content (AvgIpc) is 3.37. The Morgan fingerprint density at radius 3 is 2.65 bits per heavy atom. The molecule has 9 heteroatoms. The monoisotopic (exact) mass is 503 g/mol. The number of morpholine rings is 1. The van der Waals surface area contributed by atoms with Gasteiger partial charge in [-0.3, -0.25) is 9.69 Å². The Hall–Kier alpha value is -3.17. The van der Waals surface area contributed by atoms with Gasteiger partial charge in [-0.05, 0) is 49.8 Å². The molecule has 9 nitrogen and oxygen atoms in total. The van der Waals surface area contributed by atoms with Crippen molar-refractivity contribution in [2.45, 2.75) is 57.5 Å². The third-order valence-corrected chi connectivity index (χ3v) is 7.71. The fourth-order valence-corrected chi connectivity index (χ4v) is 5.39. The molecule has 0 radical (unpaired) electrons. The molecule has 0 spiro atoms. The minimum Gasteiger partial charge on any atom is -0.379 e. The molecule has 0 bridgehead atoms. The number of fused-ring (bicyclic) bond motifs is 1. The lowest BCUT2D eigenvalue weighted by Crippen LogP contribution is -2.39. The van der Waals surface area contributed by atoms with Gasteiger partial charge in [-0.25, -0.2) is 4.98 Å². The van der Waals surface area contributed by atoms with Crippen LogP contribution in [0.15, 0.2) is 30.5 Å². The van der Waals surface area contributed by atoms with Crippen molar-refractivity contribution in [3.05, 3.63) is 41.6 Å². The number of anilines is 2. The van der Waals surface area contributed by atoms with Crippen LogP contribution in [-0.4, -0.2) is 76.9 Å². The summed E-state index contributed by atoms with van der Waals surface area (Å²) in [6, 6.07) is 8.90. The zero-order chi connectivity index (χ0) is 25.2. The first-order chi connectivity index (χ1) is 18.1. The zero-order valence-corrected chi connectivity index (χ0v) is 21.6. The maximum Gasteiger partial charge on any atom is 0.251 e. The van der Waals surface area contributed by atoms with Gasteiger partial charge in [0.25, 0.3) is 5.91 Å². The third-order valence-electron chi connectivity index (χ3n) is 7.71. The van der Waals surface area contributed by atoms with Crippen LogP contribution in [0.1, 0.15) is 54.4 Å². The molecule has 2 saturated carbocycles. The van der Waals surface area contributed by atoms with Gasteiger partial charge in [0.2, 0.25) is 0 Å². The molecule has 0 atom stereocenters. The molecule has 0 unspecified atom stereocenters. The fourth-order valence-electron chi connectivity index (χ4n) is 5.39. The number of carbonyl (C=O) groups excluding carboxylic acids is 1. The number of hydrogen-bond acceptors (Lipinski definition) is 7. The number of amides is 1. The molecule has 1 amide bonds. The minimum atomic E-state index is 0.0133. The summed E-state index contributed by atoms with van der Waals surface area (Å²) in [5, 5.41) is 15.1. The van der Waals surface area contributed by atoms with Crippen LogP contribution in [0.3, 0.4) is 0 Å². The van der Waals surface area contributed by atoms with Gasteiger partial charge in [0.1, 0.15) is 11.6 Å². The van der Waals surface area contributed by atoms with E-state index in [1.807, 2.05) is 29.8 Å². The van der Waals surface area contributed by atoms with E-state index in [9.17, 15) is 4.79 Å². The summed E-state index contributed by atoms with van der Waals surface area (Å²) in [6.07, 6.45) is 8.94. The van der Waals surface area contributed by atoms with Gasteiger partial charge in [0.15, 0.2) is 5.65 Å². The van der Waals surface area contributed by atoms with E-state index in [0.717, 1.165) is 91.8 Å². The first-order valence-electron chi connectivity index (χ1n) is 13.8. The van der Waals surface area contributed by atoms with Crippen molar-refractivity contribution in [2.75, 3.05) is 50.0 Å². The maximum atomic E-state index is 12.6. The molecule has 3 aromatic rings. The molecule has 1 aromatic carbocycles. The van der Waals surface area contributed by atoms with E-state index in [1.54, 1.807) is 0 Å². The number of carbonyl (C=O) groups is 1. The lowest BCUT2D eigenvalue weighted by molar-refractivity contribution is 0.0398. The number of benzene rings is 1. The molecule has 3 N–H and O–H groups in total. The molecule has 1 saturated heterocycles. The number of rotatable bonds is 9. The average molecular weight is 504 g/mol. The van der Waals surface area contributed by atoms with Crippen LogP contribution in [0.5, 0.6) is 0 Å². The molecule has 3 aliphatic rings. The van der Waals surface area contributed by atoms with Gasteiger partial charge < -0.3 is 20.7 Å². The highest BCUT2D eigenvalue weighted by Gasteiger charge is 2.25. The van der Waals surface area contributed by atoms with Crippen molar-refractivity contribution in [3.8, 4) is 11.1 Å². The van der Waals surface area contributed by atoms with Gasteiger partial charge >= 0.3 is 0 Å². The lowest BCUT2D eigenvalue weighted by atomic mass is 10.0. The van der Waals surface area contributed by atoms with Crippen LogP contribution in [0, 0.1) is 6.92 Å². The van der Waals surface area contributed by atoms with Crippen molar-refractivity contribution in [2.24, 2.45) is 0 Å². The van der Waals surface area contributed by atoms with Crippen LogP contribution >= 0.6 is 0 Å². The summed E-state index contributed by atoms with van der Waals surface area (Å²) < 4.78 is 7.38. The molecular formula is C28H37N7O2. The Morgan fingerprint density at radius 2 is 1.89 bits per heavy atom. The van der Waals surface area contributed by atoms with E-state index in [2.05, 4.69) is 33.0 Å².